The first-order valence-corrected chi connectivity index (χ1v) is 28.9. The summed E-state index contributed by atoms with van der Waals surface area (Å²) in [5.74, 6) is 0. The second kappa shape index (κ2) is 9.90. The van der Waals surface area contributed by atoms with Crippen LogP contribution in [-0.2, 0) is 49.4 Å². The van der Waals surface area contributed by atoms with Gasteiger partial charge in [0, 0.05) is 55.0 Å². The predicted octanol–water partition coefficient (Wildman–Crippen LogP) is 2.90. The molecule has 6 fully saturated rings. The van der Waals surface area contributed by atoms with Crippen LogP contribution in [-0.4, -0.2) is 82.1 Å². The highest BCUT2D eigenvalue weighted by atomic mass is 28.6. The van der Waals surface area contributed by atoms with Crippen molar-refractivity contribution >= 4 is 70.4 Å². The summed E-state index contributed by atoms with van der Waals surface area (Å²) in [5.41, 5.74) is 0. The molecular formula is C16H40O13Si8. The van der Waals surface area contributed by atoms with E-state index in [1.54, 1.807) is 0 Å². The highest BCUT2D eigenvalue weighted by Crippen LogP contribution is 2.52. The van der Waals surface area contributed by atoms with E-state index in [2.05, 4.69) is 0 Å². The highest BCUT2D eigenvalue weighted by molar-refractivity contribution is 7.03. The van der Waals surface area contributed by atoms with Gasteiger partial charge in [-0.1, -0.05) is 48.5 Å². The molecule has 37 heavy (non-hydrogen) atoms. The van der Waals surface area contributed by atoms with Gasteiger partial charge in [-0.25, -0.2) is 0 Å². The number of hydrogen-bond donors (Lipinski definition) is 1. The molecule has 6 saturated heterocycles. The van der Waals surface area contributed by atoms with E-state index in [0.717, 1.165) is 0 Å². The summed E-state index contributed by atoms with van der Waals surface area (Å²) >= 11 is 0. The van der Waals surface area contributed by atoms with Crippen molar-refractivity contribution in [3.05, 3.63) is 0 Å². The molecule has 13 nitrogen and oxygen atoms in total. The van der Waals surface area contributed by atoms with Crippen molar-refractivity contribution in [1.82, 2.24) is 0 Å². The Kier molecular flexibility index (Phi) is 7.95. The Hall–Kier alpha value is 1.22. The molecule has 0 amide bonds. The van der Waals surface area contributed by atoms with E-state index >= 15 is 0 Å². The topological polar surface area (TPSA) is 131 Å². The van der Waals surface area contributed by atoms with Gasteiger partial charge in [-0.15, -0.1) is 0 Å². The molecule has 1 N–H and O–H groups in total. The van der Waals surface area contributed by atoms with Crippen LogP contribution in [0.5, 0.6) is 0 Å². The minimum atomic E-state index is -3.80. The molecule has 214 valence electrons. The summed E-state index contributed by atoms with van der Waals surface area (Å²) in [6.07, 6.45) is 0. The third kappa shape index (κ3) is 4.78. The molecule has 0 aromatic carbocycles. The Balaban J connectivity index is 1.86. The molecule has 6 rings (SSSR count). The lowest BCUT2D eigenvalue weighted by atomic mass is 10.9. The van der Waals surface area contributed by atoms with Gasteiger partial charge in [0.1, 0.15) is 0 Å². The van der Waals surface area contributed by atoms with Gasteiger partial charge in [-0.3, -0.25) is 0 Å². The molecule has 21 heteroatoms. The Morgan fingerprint density at radius 3 is 0.622 bits per heavy atom. The quantitative estimate of drug-likeness (QED) is 0.363. The Morgan fingerprint density at radius 1 is 0.324 bits per heavy atom. The third-order valence-electron chi connectivity index (χ3n) is 7.18. The molecule has 0 spiro atoms. The molecule has 0 saturated carbocycles. The number of aliphatic hydroxyl groups excluding tert-OH is 1. The standard InChI is InChI=1S/C16H40O13Si8/c1-8-30-18-31(9-2)21-34(12-5)23-32(10-3,19-30)25-36(14-7)26-33(11-4,20-30)24-35(13-6,22-31)28-37(27-34,29-36)16-15-17/h17H,8-16H2,1-7H3. The van der Waals surface area contributed by atoms with Crippen LogP contribution in [0.15, 0.2) is 0 Å². The van der Waals surface area contributed by atoms with Gasteiger partial charge >= 0.3 is 70.4 Å². The molecule has 0 unspecified atom stereocenters. The van der Waals surface area contributed by atoms with Crippen molar-refractivity contribution in [3.63, 3.8) is 0 Å². The van der Waals surface area contributed by atoms with Gasteiger partial charge < -0.3 is 54.5 Å². The van der Waals surface area contributed by atoms with Crippen molar-refractivity contribution in [2.75, 3.05) is 6.61 Å². The molecule has 0 radical (unpaired) electrons. The van der Waals surface area contributed by atoms with E-state index in [1.807, 2.05) is 48.5 Å². The smallest absolute Gasteiger partial charge is 0.396 e. The molecule has 6 aliphatic heterocycles. The first-order chi connectivity index (χ1) is 17.5. The Labute approximate surface area is 227 Å². The van der Waals surface area contributed by atoms with E-state index in [9.17, 15) is 5.11 Å². The zero-order chi connectivity index (χ0) is 26.8. The monoisotopic (exact) mass is 664 g/mol. The second-order valence-electron chi connectivity index (χ2n) is 9.64. The molecule has 8 bridgehead atoms. The minimum absolute atomic E-state index is 0.0929. The summed E-state index contributed by atoms with van der Waals surface area (Å²) in [7, 11) is -29.1. The fourth-order valence-corrected chi connectivity index (χ4v) is 54.5. The Bertz CT molecular complexity index is 765. The average Bonchev–Trinajstić information content (AvgIpc) is 2.83. The normalized spacial score (nSPS) is 52.9. The van der Waals surface area contributed by atoms with Crippen molar-refractivity contribution in [1.29, 1.82) is 0 Å². The molecule has 0 aromatic rings. The molecular weight excluding hydrogens is 625 g/mol. The first kappa shape index (κ1) is 29.7. The zero-order valence-electron chi connectivity index (χ0n) is 22.7. The summed E-state index contributed by atoms with van der Waals surface area (Å²) in [6, 6.07) is 2.96. The lowest BCUT2D eigenvalue weighted by Gasteiger charge is -2.62. The number of rotatable bonds is 9. The van der Waals surface area contributed by atoms with Gasteiger partial charge in [0.25, 0.3) is 0 Å². The van der Waals surface area contributed by atoms with E-state index in [1.165, 1.54) is 0 Å². The van der Waals surface area contributed by atoms with Gasteiger partial charge in [-0.2, -0.15) is 0 Å². The maximum atomic E-state index is 10.2. The van der Waals surface area contributed by atoms with E-state index in [0.29, 0.717) is 42.3 Å². The maximum absolute atomic E-state index is 10.2. The van der Waals surface area contributed by atoms with E-state index in [-0.39, 0.29) is 12.7 Å². The van der Waals surface area contributed by atoms with E-state index in [4.69, 9.17) is 49.4 Å². The van der Waals surface area contributed by atoms with Crippen molar-refractivity contribution in [2.24, 2.45) is 0 Å². The molecule has 0 aliphatic carbocycles. The number of hydrogen-bond acceptors (Lipinski definition) is 13. The van der Waals surface area contributed by atoms with Crippen LogP contribution in [0.4, 0.5) is 0 Å². The lowest BCUT2D eigenvalue weighted by Crippen LogP contribution is -2.88. The van der Waals surface area contributed by atoms with Gasteiger partial charge in [0.15, 0.2) is 0 Å². The summed E-state index contributed by atoms with van der Waals surface area (Å²) in [4.78, 5) is 0. The van der Waals surface area contributed by atoms with Crippen molar-refractivity contribution in [3.8, 4) is 0 Å². The molecule has 0 atom stereocenters. The van der Waals surface area contributed by atoms with Crippen LogP contribution in [0, 0.1) is 0 Å². The third-order valence-corrected chi connectivity index (χ3v) is 43.9. The molecule has 6 heterocycles. The fourth-order valence-electron chi connectivity index (χ4n) is 5.15. The molecule has 0 aromatic heterocycles. The van der Waals surface area contributed by atoms with Crippen molar-refractivity contribution < 1.29 is 54.5 Å². The van der Waals surface area contributed by atoms with Gasteiger partial charge in [0.2, 0.25) is 0 Å². The zero-order valence-corrected chi connectivity index (χ0v) is 30.7. The van der Waals surface area contributed by atoms with Crippen LogP contribution in [0.2, 0.25) is 48.4 Å². The summed E-state index contributed by atoms with van der Waals surface area (Å²) in [6.45, 7) is 13.4. The average molecular weight is 665 g/mol. The fraction of sp³-hybridized carbons (Fsp3) is 1.00. The van der Waals surface area contributed by atoms with Gasteiger partial charge in [0.05, 0.1) is 0 Å². The SMILES string of the molecule is CC[Si]12O[Si]3(CC)O[Si]4(CC)O[Si](CC)(O1)O[Si]1(CC)O[Si](CC)(O2)O[Si](CC)(O3)O[Si](CCO)(O4)O1. The predicted molar refractivity (Wildman–Crippen MR) is 144 cm³/mol. The summed E-state index contributed by atoms with van der Waals surface area (Å²) < 4.78 is 83.6. The van der Waals surface area contributed by atoms with Crippen LogP contribution in [0.3, 0.4) is 0 Å². The highest BCUT2D eigenvalue weighted by Gasteiger charge is 2.81. The van der Waals surface area contributed by atoms with Crippen LogP contribution >= 0.6 is 0 Å². The second-order valence-corrected chi connectivity index (χ2v) is 35.8. The number of aliphatic hydroxyl groups is 1. The van der Waals surface area contributed by atoms with E-state index < -0.39 is 70.4 Å². The lowest BCUT2D eigenvalue weighted by molar-refractivity contribution is -0.0293. The van der Waals surface area contributed by atoms with Crippen LogP contribution in [0.1, 0.15) is 48.5 Å². The first-order valence-electron chi connectivity index (χ1n) is 13.5. The van der Waals surface area contributed by atoms with Crippen molar-refractivity contribution in [2.45, 2.75) is 96.8 Å². The minimum Gasteiger partial charge on any atom is -0.396 e. The van der Waals surface area contributed by atoms with Crippen LogP contribution in [0.25, 0.3) is 0 Å². The molecule has 6 aliphatic rings. The Morgan fingerprint density at radius 2 is 0.486 bits per heavy atom. The van der Waals surface area contributed by atoms with Crippen LogP contribution < -0.4 is 0 Å². The maximum Gasteiger partial charge on any atom is 0.481 e. The largest absolute Gasteiger partial charge is 0.481 e. The summed E-state index contributed by atoms with van der Waals surface area (Å²) in [5, 5.41) is 10.2. The van der Waals surface area contributed by atoms with Gasteiger partial charge in [-0.05, 0) is 0 Å².